The SMILES string of the molecule is COc1ccc(Br)c(NCc2cc(F)cc(C#N)c2)c1. The van der Waals surface area contributed by atoms with Gasteiger partial charge in [-0.3, -0.25) is 0 Å². The Morgan fingerprint density at radius 2 is 2.10 bits per heavy atom. The van der Waals surface area contributed by atoms with Gasteiger partial charge in [0, 0.05) is 17.1 Å². The fourth-order valence-electron chi connectivity index (χ4n) is 1.78. The molecule has 0 fully saturated rings. The molecule has 0 spiro atoms. The van der Waals surface area contributed by atoms with Crippen LogP contribution in [0.5, 0.6) is 5.75 Å². The topological polar surface area (TPSA) is 45.0 Å². The van der Waals surface area contributed by atoms with Gasteiger partial charge >= 0.3 is 0 Å². The molecule has 20 heavy (non-hydrogen) atoms. The number of rotatable bonds is 4. The zero-order valence-corrected chi connectivity index (χ0v) is 12.4. The van der Waals surface area contributed by atoms with E-state index in [9.17, 15) is 4.39 Å². The van der Waals surface area contributed by atoms with E-state index in [1.165, 1.54) is 12.1 Å². The lowest BCUT2D eigenvalue weighted by molar-refractivity contribution is 0.415. The van der Waals surface area contributed by atoms with Crippen molar-refractivity contribution in [2.75, 3.05) is 12.4 Å². The smallest absolute Gasteiger partial charge is 0.124 e. The van der Waals surface area contributed by atoms with E-state index in [2.05, 4.69) is 21.2 Å². The highest BCUT2D eigenvalue weighted by atomic mass is 79.9. The average Bonchev–Trinajstić information content (AvgIpc) is 2.45. The Labute approximate surface area is 125 Å². The van der Waals surface area contributed by atoms with Crippen molar-refractivity contribution < 1.29 is 9.13 Å². The monoisotopic (exact) mass is 334 g/mol. The molecule has 0 aliphatic heterocycles. The van der Waals surface area contributed by atoms with Crippen LogP contribution in [0.15, 0.2) is 40.9 Å². The van der Waals surface area contributed by atoms with E-state index < -0.39 is 5.82 Å². The fourth-order valence-corrected chi connectivity index (χ4v) is 2.17. The molecule has 0 atom stereocenters. The molecule has 0 unspecified atom stereocenters. The first-order valence-corrected chi connectivity index (χ1v) is 6.68. The third kappa shape index (κ3) is 3.49. The lowest BCUT2D eigenvalue weighted by Crippen LogP contribution is -2.01. The Kier molecular flexibility index (Phi) is 4.59. The zero-order valence-electron chi connectivity index (χ0n) is 10.8. The van der Waals surface area contributed by atoms with Gasteiger partial charge in [-0.25, -0.2) is 4.39 Å². The molecule has 0 heterocycles. The van der Waals surface area contributed by atoms with E-state index in [4.69, 9.17) is 10.00 Å². The van der Waals surface area contributed by atoms with E-state index in [-0.39, 0.29) is 0 Å². The highest BCUT2D eigenvalue weighted by molar-refractivity contribution is 9.10. The van der Waals surface area contributed by atoms with Crippen LogP contribution in [-0.4, -0.2) is 7.11 Å². The van der Waals surface area contributed by atoms with Crippen molar-refractivity contribution in [2.45, 2.75) is 6.54 Å². The lowest BCUT2D eigenvalue weighted by Gasteiger charge is -2.10. The predicted molar refractivity (Wildman–Crippen MR) is 79.1 cm³/mol. The van der Waals surface area contributed by atoms with Crippen LogP contribution in [-0.2, 0) is 6.54 Å². The largest absolute Gasteiger partial charge is 0.497 e. The van der Waals surface area contributed by atoms with Gasteiger partial charge in [-0.15, -0.1) is 0 Å². The molecule has 1 N–H and O–H groups in total. The first-order chi connectivity index (χ1) is 9.62. The van der Waals surface area contributed by atoms with E-state index >= 15 is 0 Å². The van der Waals surface area contributed by atoms with Crippen LogP contribution in [0, 0.1) is 17.1 Å². The molecule has 0 amide bonds. The molecular weight excluding hydrogens is 323 g/mol. The van der Waals surface area contributed by atoms with Crippen molar-refractivity contribution in [3.63, 3.8) is 0 Å². The second kappa shape index (κ2) is 6.40. The summed E-state index contributed by atoms with van der Waals surface area (Å²) in [7, 11) is 1.60. The number of nitrogens with zero attached hydrogens (tertiary/aromatic N) is 1. The van der Waals surface area contributed by atoms with Gasteiger partial charge in [-0.05, 0) is 51.8 Å². The summed E-state index contributed by atoms with van der Waals surface area (Å²) in [6.45, 7) is 0.415. The molecule has 2 aromatic carbocycles. The molecular formula is C15H12BrFN2O. The third-order valence-electron chi connectivity index (χ3n) is 2.74. The van der Waals surface area contributed by atoms with Crippen LogP contribution < -0.4 is 10.1 Å². The predicted octanol–water partition coefficient (Wildman–Crippen LogP) is 4.08. The second-order valence-corrected chi connectivity index (χ2v) is 5.01. The number of hydrogen-bond acceptors (Lipinski definition) is 3. The molecule has 0 radical (unpaired) electrons. The number of anilines is 1. The normalized spacial score (nSPS) is 9.90. The molecule has 0 aliphatic rings. The summed E-state index contributed by atoms with van der Waals surface area (Å²) >= 11 is 3.43. The maximum atomic E-state index is 13.3. The molecule has 0 saturated carbocycles. The zero-order chi connectivity index (χ0) is 14.5. The Bertz CT molecular complexity index is 667. The Morgan fingerprint density at radius 3 is 2.80 bits per heavy atom. The highest BCUT2D eigenvalue weighted by Crippen LogP contribution is 2.27. The van der Waals surface area contributed by atoms with Crippen LogP contribution in [0.3, 0.4) is 0 Å². The summed E-state index contributed by atoms with van der Waals surface area (Å²) in [6, 6.07) is 11.8. The van der Waals surface area contributed by atoms with Gasteiger partial charge in [0.15, 0.2) is 0 Å². The van der Waals surface area contributed by atoms with Crippen LogP contribution in [0.4, 0.5) is 10.1 Å². The summed E-state index contributed by atoms with van der Waals surface area (Å²) in [5.74, 6) is 0.318. The lowest BCUT2D eigenvalue weighted by atomic mass is 10.1. The minimum atomic E-state index is -0.412. The Balaban J connectivity index is 2.16. The first kappa shape index (κ1) is 14.4. The van der Waals surface area contributed by atoms with Gasteiger partial charge in [0.25, 0.3) is 0 Å². The minimum Gasteiger partial charge on any atom is -0.497 e. The maximum Gasteiger partial charge on any atom is 0.124 e. The summed E-state index contributed by atoms with van der Waals surface area (Å²) in [5.41, 5.74) is 1.86. The average molecular weight is 335 g/mol. The van der Waals surface area contributed by atoms with E-state index in [1.807, 2.05) is 24.3 Å². The van der Waals surface area contributed by atoms with Crippen molar-refractivity contribution in [2.24, 2.45) is 0 Å². The van der Waals surface area contributed by atoms with Crippen molar-refractivity contribution in [3.05, 3.63) is 57.8 Å². The van der Waals surface area contributed by atoms with Gasteiger partial charge in [0.05, 0.1) is 24.4 Å². The van der Waals surface area contributed by atoms with Crippen LogP contribution >= 0.6 is 15.9 Å². The molecule has 2 aromatic rings. The Hall–Kier alpha value is -2.06. The van der Waals surface area contributed by atoms with E-state index in [0.717, 1.165) is 15.9 Å². The van der Waals surface area contributed by atoms with Crippen LogP contribution in [0.1, 0.15) is 11.1 Å². The van der Waals surface area contributed by atoms with Gasteiger partial charge in [0.2, 0.25) is 0 Å². The van der Waals surface area contributed by atoms with Gasteiger partial charge in [-0.2, -0.15) is 5.26 Å². The Morgan fingerprint density at radius 1 is 1.30 bits per heavy atom. The molecule has 0 aliphatic carbocycles. The number of nitrogens with one attached hydrogen (secondary N) is 1. The molecule has 0 bridgehead atoms. The summed E-state index contributed by atoms with van der Waals surface area (Å²) in [6.07, 6.45) is 0. The van der Waals surface area contributed by atoms with Crippen molar-refractivity contribution >= 4 is 21.6 Å². The minimum absolute atomic E-state index is 0.312. The number of benzene rings is 2. The quantitative estimate of drug-likeness (QED) is 0.916. The van der Waals surface area contributed by atoms with Gasteiger partial charge < -0.3 is 10.1 Å². The van der Waals surface area contributed by atoms with Crippen molar-refractivity contribution in [3.8, 4) is 11.8 Å². The van der Waals surface area contributed by atoms with Gasteiger partial charge in [0.1, 0.15) is 11.6 Å². The number of nitriles is 1. The summed E-state index contributed by atoms with van der Waals surface area (Å²) < 4.78 is 19.4. The van der Waals surface area contributed by atoms with Crippen molar-refractivity contribution in [1.29, 1.82) is 5.26 Å². The number of ether oxygens (including phenoxy) is 1. The standard InChI is InChI=1S/C15H12BrFN2O/c1-20-13-2-3-14(16)15(7-13)19-9-11-4-10(8-18)5-12(17)6-11/h2-7,19H,9H2,1H3. The number of methoxy groups -OCH3 is 1. The summed E-state index contributed by atoms with van der Waals surface area (Å²) in [5, 5.41) is 12.0. The second-order valence-electron chi connectivity index (χ2n) is 4.16. The number of hydrogen-bond donors (Lipinski definition) is 1. The molecule has 102 valence electrons. The fraction of sp³-hybridized carbons (Fsp3) is 0.133. The van der Waals surface area contributed by atoms with Crippen LogP contribution in [0.2, 0.25) is 0 Å². The number of halogens is 2. The molecule has 5 heteroatoms. The third-order valence-corrected chi connectivity index (χ3v) is 3.43. The van der Waals surface area contributed by atoms with Crippen LogP contribution in [0.25, 0.3) is 0 Å². The van der Waals surface area contributed by atoms with Crippen molar-refractivity contribution in [1.82, 2.24) is 0 Å². The van der Waals surface area contributed by atoms with E-state index in [0.29, 0.717) is 17.7 Å². The summed E-state index contributed by atoms with van der Waals surface area (Å²) in [4.78, 5) is 0. The molecule has 0 aromatic heterocycles. The highest BCUT2D eigenvalue weighted by Gasteiger charge is 2.04. The first-order valence-electron chi connectivity index (χ1n) is 5.89. The maximum absolute atomic E-state index is 13.3. The molecule has 3 nitrogen and oxygen atoms in total. The molecule has 0 saturated heterocycles. The molecule has 2 rings (SSSR count). The van der Waals surface area contributed by atoms with Gasteiger partial charge in [-0.1, -0.05) is 0 Å². The van der Waals surface area contributed by atoms with E-state index in [1.54, 1.807) is 13.2 Å².